The molecule has 4 N–H and O–H groups in total. The van der Waals surface area contributed by atoms with Crippen LogP contribution in [0.4, 0.5) is 5.69 Å². The first-order valence-electron chi connectivity index (χ1n) is 8.05. The lowest BCUT2D eigenvalue weighted by atomic mass is 10.1. The molecule has 0 aromatic heterocycles. The highest BCUT2D eigenvalue weighted by Gasteiger charge is 2.41. The van der Waals surface area contributed by atoms with Gasteiger partial charge in [-0.25, -0.2) is 0 Å². The van der Waals surface area contributed by atoms with Crippen LogP contribution in [-0.4, -0.2) is 40.1 Å². The van der Waals surface area contributed by atoms with Gasteiger partial charge in [-0.05, 0) is 24.1 Å². The van der Waals surface area contributed by atoms with Crippen LogP contribution in [-0.2, 0) is 14.3 Å². The average Bonchev–Trinajstić information content (AvgIpc) is 2.96. The van der Waals surface area contributed by atoms with Crippen LogP contribution in [0.5, 0.6) is 5.75 Å². The number of carbonyl (C=O) groups excluding carboxylic acids is 3. The fourth-order valence-corrected chi connectivity index (χ4v) is 3.11. The van der Waals surface area contributed by atoms with Crippen LogP contribution in [0.2, 0.25) is 0 Å². The molecule has 2 aliphatic heterocycles. The standard InChI is InChI=1S/C18H19N3O5/c1-9-3-5-12-15(16(9)24)20-17(26-10(2)22)13-7-11(4-6-14(19)23)8-21(13)18(12)25/h3-6,8,13,17,20,24H,7H2,1-2H3,(H2,19,23)/b6-4+/t13-,17+/m0/s1. The number of phenolic OH excluding ortho intramolecular Hbond substituents is 1. The molecule has 2 aliphatic rings. The highest BCUT2D eigenvalue weighted by molar-refractivity contribution is 6.03. The minimum Gasteiger partial charge on any atom is -0.505 e. The van der Waals surface area contributed by atoms with Crippen molar-refractivity contribution in [2.75, 3.05) is 5.32 Å². The lowest BCUT2D eigenvalue weighted by Gasteiger charge is -2.28. The van der Waals surface area contributed by atoms with Crippen molar-refractivity contribution < 1.29 is 24.2 Å². The average molecular weight is 357 g/mol. The zero-order valence-corrected chi connectivity index (χ0v) is 14.4. The number of carbonyl (C=O) groups is 3. The number of phenols is 1. The van der Waals surface area contributed by atoms with E-state index >= 15 is 0 Å². The van der Waals surface area contributed by atoms with Gasteiger partial charge >= 0.3 is 5.97 Å². The fourth-order valence-electron chi connectivity index (χ4n) is 3.11. The Morgan fingerprint density at radius 1 is 1.42 bits per heavy atom. The van der Waals surface area contributed by atoms with Crippen LogP contribution in [0, 0.1) is 6.92 Å². The number of ether oxygens (including phenoxy) is 1. The Bertz CT molecular complexity index is 859. The summed E-state index contributed by atoms with van der Waals surface area (Å²) < 4.78 is 5.35. The normalized spacial score (nSPS) is 21.5. The molecule has 0 bridgehead atoms. The highest BCUT2D eigenvalue weighted by atomic mass is 16.6. The molecular weight excluding hydrogens is 338 g/mol. The summed E-state index contributed by atoms with van der Waals surface area (Å²) >= 11 is 0. The number of hydrogen-bond acceptors (Lipinski definition) is 6. The van der Waals surface area contributed by atoms with Crippen molar-refractivity contribution in [2.45, 2.75) is 32.5 Å². The molecule has 0 fully saturated rings. The Hall–Kier alpha value is -3.29. The van der Waals surface area contributed by atoms with Crippen LogP contribution >= 0.6 is 0 Å². The molecule has 0 saturated heterocycles. The number of aryl methyl sites for hydroxylation is 1. The van der Waals surface area contributed by atoms with E-state index in [-0.39, 0.29) is 22.9 Å². The molecular formula is C18H19N3O5. The molecule has 0 aliphatic carbocycles. The number of hydrogen-bond donors (Lipinski definition) is 3. The predicted molar refractivity (Wildman–Crippen MR) is 93.0 cm³/mol. The van der Waals surface area contributed by atoms with E-state index in [1.165, 1.54) is 24.0 Å². The first-order chi connectivity index (χ1) is 12.3. The molecule has 8 nitrogen and oxygen atoms in total. The number of rotatable bonds is 3. The summed E-state index contributed by atoms with van der Waals surface area (Å²) in [6.45, 7) is 2.98. The number of nitrogens with one attached hydrogen (secondary N) is 1. The second-order valence-electron chi connectivity index (χ2n) is 6.25. The molecule has 2 amide bonds. The molecule has 1 aromatic carbocycles. The van der Waals surface area contributed by atoms with E-state index in [0.717, 1.165) is 0 Å². The van der Waals surface area contributed by atoms with Gasteiger partial charge in [-0.2, -0.15) is 0 Å². The topological polar surface area (TPSA) is 122 Å². The summed E-state index contributed by atoms with van der Waals surface area (Å²) in [7, 11) is 0. The molecule has 2 heterocycles. The third kappa shape index (κ3) is 3.13. The molecule has 26 heavy (non-hydrogen) atoms. The van der Waals surface area contributed by atoms with E-state index in [9.17, 15) is 19.5 Å². The summed E-state index contributed by atoms with van der Waals surface area (Å²) in [6, 6.07) is 2.73. The molecule has 136 valence electrons. The number of aromatic hydroxyl groups is 1. The Morgan fingerprint density at radius 2 is 2.15 bits per heavy atom. The molecule has 3 rings (SSSR count). The van der Waals surface area contributed by atoms with Crippen molar-refractivity contribution in [3.63, 3.8) is 0 Å². The first kappa shape index (κ1) is 17.5. The van der Waals surface area contributed by atoms with Crippen molar-refractivity contribution in [3.05, 3.63) is 47.2 Å². The quantitative estimate of drug-likeness (QED) is 0.424. The monoisotopic (exact) mass is 357 g/mol. The van der Waals surface area contributed by atoms with Crippen molar-refractivity contribution in [1.29, 1.82) is 0 Å². The van der Waals surface area contributed by atoms with Gasteiger partial charge in [-0.1, -0.05) is 12.1 Å². The van der Waals surface area contributed by atoms with E-state index in [4.69, 9.17) is 10.5 Å². The van der Waals surface area contributed by atoms with Crippen molar-refractivity contribution in [3.8, 4) is 5.75 Å². The third-order valence-electron chi connectivity index (χ3n) is 4.34. The van der Waals surface area contributed by atoms with Crippen LogP contribution < -0.4 is 11.1 Å². The number of fused-ring (bicyclic) bond motifs is 2. The van der Waals surface area contributed by atoms with Crippen LogP contribution in [0.15, 0.2) is 36.1 Å². The Kier molecular flexibility index (Phi) is 4.41. The van der Waals surface area contributed by atoms with E-state index in [0.29, 0.717) is 17.6 Å². The third-order valence-corrected chi connectivity index (χ3v) is 4.34. The number of allylic oxidation sites excluding steroid dienone is 1. The van der Waals surface area contributed by atoms with Gasteiger partial charge in [0.25, 0.3) is 5.91 Å². The number of anilines is 1. The SMILES string of the molecule is CC(=O)O[C@H]1Nc2c(ccc(C)c2O)C(=O)N2C=C(/C=C/C(N)=O)C[C@@H]12. The summed E-state index contributed by atoms with van der Waals surface area (Å²) in [5, 5.41) is 13.3. The van der Waals surface area contributed by atoms with Crippen molar-refractivity contribution in [1.82, 2.24) is 4.90 Å². The molecule has 0 unspecified atom stereocenters. The highest BCUT2D eigenvalue weighted by Crippen LogP contribution is 2.39. The maximum Gasteiger partial charge on any atom is 0.304 e. The van der Waals surface area contributed by atoms with E-state index in [1.54, 1.807) is 25.3 Å². The fraction of sp³-hybridized carbons (Fsp3) is 0.278. The molecule has 0 spiro atoms. The van der Waals surface area contributed by atoms with Gasteiger partial charge in [0.1, 0.15) is 5.75 Å². The van der Waals surface area contributed by atoms with E-state index in [2.05, 4.69) is 5.32 Å². The number of primary amides is 1. The molecule has 2 atom stereocenters. The minimum absolute atomic E-state index is 0.0630. The summed E-state index contributed by atoms with van der Waals surface area (Å²) in [4.78, 5) is 36.9. The molecule has 0 saturated carbocycles. The summed E-state index contributed by atoms with van der Waals surface area (Å²) in [5.74, 6) is -1.52. The maximum atomic E-state index is 13.0. The van der Waals surface area contributed by atoms with Gasteiger partial charge in [0, 0.05) is 25.6 Å². The number of nitrogens with two attached hydrogens (primary N) is 1. The van der Waals surface area contributed by atoms with Gasteiger partial charge in [0.2, 0.25) is 5.91 Å². The van der Waals surface area contributed by atoms with Crippen LogP contribution in [0.3, 0.4) is 0 Å². The van der Waals surface area contributed by atoms with Crippen molar-refractivity contribution in [2.24, 2.45) is 5.73 Å². The zero-order chi connectivity index (χ0) is 19.0. The maximum absolute atomic E-state index is 13.0. The second-order valence-corrected chi connectivity index (χ2v) is 6.25. The van der Waals surface area contributed by atoms with Crippen LogP contribution in [0.1, 0.15) is 29.3 Å². The van der Waals surface area contributed by atoms with E-state index in [1.807, 2.05) is 0 Å². The molecule has 1 aromatic rings. The van der Waals surface area contributed by atoms with Crippen LogP contribution in [0.25, 0.3) is 0 Å². The lowest BCUT2D eigenvalue weighted by molar-refractivity contribution is -0.147. The van der Waals surface area contributed by atoms with Crippen molar-refractivity contribution >= 4 is 23.5 Å². The lowest BCUT2D eigenvalue weighted by Crippen LogP contribution is -2.44. The van der Waals surface area contributed by atoms with Gasteiger partial charge in [-0.3, -0.25) is 14.4 Å². The Labute approximate surface area is 149 Å². The minimum atomic E-state index is -0.860. The van der Waals surface area contributed by atoms with E-state index < -0.39 is 24.1 Å². The summed E-state index contributed by atoms with van der Waals surface area (Å²) in [5.41, 5.74) is 6.90. The Morgan fingerprint density at radius 3 is 2.81 bits per heavy atom. The molecule has 8 heteroatoms. The van der Waals surface area contributed by atoms with Gasteiger partial charge in [0.15, 0.2) is 6.23 Å². The van der Waals surface area contributed by atoms with Gasteiger partial charge in [0.05, 0.1) is 17.3 Å². The second kappa shape index (κ2) is 6.55. The smallest absolute Gasteiger partial charge is 0.304 e. The summed E-state index contributed by atoms with van der Waals surface area (Å²) in [6.07, 6.45) is 3.83. The number of nitrogens with zero attached hydrogens (tertiary/aromatic N) is 1. The zero-order valence-electron chi connectivity index (χ0n) is 14.4. The number of esters is 1. The van der Waals surface area contributed by atoms with Gasteiger partial charge < -0.3 is 25.8 Å². The number of benzene rings is 1. The van der Waals surface area contributed by atoms with Gasteiger partial charge in [-0.15, -0.1) is 0 Å². The largest absolute Gasteiger partial charge is 0.505 e. The Balaban J connectivity index is 2.06. The predicted octanol–water partition coefficient (Wildman–Crippen LogP) is 1.16. The number of amides is 2. The molecule has 0 radical (unpaired) electrons. The first-order valence-corrected chi connectivity index (χ1v) is 8.05.